The van der Waals surface area contributed by atoms with Gasteiger partial charge in [0.15, 0.2) is 5.16 Å². The number of nitrogens with one attached hydrogen (secondary N) is 1. The molecule has 8 nitrogen and oxygen atoms in total. The minimum Gasteiger partial charge on any atom is -0.320 e. The topological polar surface area (TPSA) is 103 Å². The van der Waals surface area contributed by atoms with Gasteiger partial charge in [-0.05, 0) is 30.5 Å². The summed E-state index contributed by atoms with van der Waals surface area (Å²) in [5.41, 5.74) is 0.992. The average Bonchev–Trinajstić information content (AvgIpc) is 3.50. The maximum atomic E-state index is 12.4. The predicted octanol–water partition coefficient (Wildman–Crippen LogP) is 4.50. The number of anilines is 1. The highest BCUT2D eigenvalue weighted by Crippen LogP contribution is 2.40. The van der Waals surface area contributed by atoms with Crippen molar-refractivity contribution in [2.75, 3.05) is 11.1 Å². The molecular formula is C20H18ClN5O3S. The van der Waals surface area contributed by atoms with Gasteiger partial charge in [0.2, 0.25) is 5.91 Å². The van der Waals surface area contributed by atoms with Crippen LogP contribution in [-0.2, 0) is 11.3 Å². The molecule has 1 aliphatic carbocycles. The second-order valence-corrected chi connectivity index (χ2v) is 8.32. The number of nitro benzene ring substituents is 1. The van der Waals surface area contributed by atoms with Crippen molar-refractivity contribution in [2.24, 2.45) is 0 Å². The number of carbonyl (C=O) groups is 1. The number of thioether (sulfide) groups is 1. The van der Waals surface area contributed by atoms with Crippen LogP contribution in [0.2, 0.25) is 5.02 Å². The Balaban J connectivity index is 1.46. The number of aromatic nitrogens is 3. The first-order chi connectivity index (χ1) is 14.5. The highest BCUT2D eigenvalue weighted by molar-refractivity contribution is 7.99. The maximum absolute atomic E-state index is 12.4. The Morgan fingerprint density at radius 1 is 1.23 bits per heavy atom. The van der Waals surface area contributed by atoms with E-state index >= 15 is 0 Å². The van der Waals surface area contributed by atoms with Crippen LogP contribution < -0.4 is 5.32 Å². The third-order valence-corrected chi connectivity index (χ3v) is 5.84. The highest BCUT2D eigenvalue weighted by Gasteiger charge is 2.30. The summed E-state index contributed by atoms with van der Waals surface area (Å²) in [5.74, 6) is 1.04. The van der Waals surface area contributed by atoms with Gasteiger partial charge in [-0.25, -0.2) is 0 Å². The van der Waals surface area contributed by atoms with Crippen molar-refractivity contribution < 1.29 is 9.72 Å². The zero-order chi connectivity index (χ0) is 21.1. The summed E-state index contributed by atoms with van der Waals surface area (Å²) in [5, 5.41) is 23.3. The summed E-state index contributed by atoms with van der Waals surface area (Å²) in [7, 11) is 0. The van der Waals surface area contributed by atoms with Gasteiger partial charge in [0.25, 0.3) is 5.69 Å². The molecule has 0 saturated heterocycles. The Morgan fingerprint density at radius 3 is 2.70 bits per heavy atom. The molecular weight excluding hydrogens is 426 g/mol. The van der Waals surface area contributed by atoms with Gasteiger partial charge in [-0.2, -0.15) is 0 Å². The van der Waals surface area contributed by atoms with Crippen LogP contribution in [0, 0.1) is 10.1 Å². The number of benzene rings is 2. The van der Waals surface area contributed by atoms with Crippen LogP contribution in [0.3, 0.4) is 0 Å². The van der Waals surface area contributed by atoms with Gasteiger partial charge in [-0.1, -0.05) is 53.7 Å². The van der Waals surface area contributed by atoms with Gasteiger partial charge in [-0.15, -0.1) is 10.2 Å². The number of hydrogen-bond acceptors (Lipinski definition) is 6. The molecule has 1 saturated carbocycles. The summed E-state index contributed by atoms with van der Waals surface area (Å²) in [6.07, 6.45) is 2.19. The van der Waals surface area contributed by atoms with Crippen molar-refractivity contribution >= 4 is 40.6 Å². The fraction of sp³-hybridized carbons (Fsp3) is 0.250. The van der Waals surface area contributed by atoms with E-state index in [1.54, 1.807) is 0 Å². The molecule has 0 unspecified atom stereocenters. The third kappa shape index (κ3) is 4.80. The van der Waals surface area contributed by atoms with E-state index in [9.17, 15) is 14.9 Å². The molecule has 2 aromatic carbocycles. The van der Waals surface area contributed by atoms with E-state index in [-0.39, 0.29) is 28.1 Å². The number of hydrogen-bond donors (Lipinski definition) is 1. The van der Waals surface area contributed by atoms with Crippen molar-refractivity contribution in [1.29, 1.82) is 0 Å². The summed E-state index contributed by atoms with van der Waals surface area (Å²) < 4.78 is 2.05. The predicted molar refractivity (Wildman–Crippen MR) is 115 cm³/mol. The van der Waals surface area contributed by atoms with Gasteiger partial charge in [-0.3, -0.25) is 14.9 Å². The first-order valence-corrected chi connectivity index (χ1v) is 10.7. The zero-order valence-electron chi connectivity index (χ0n) is 15.8. The summed E-state index contributed by atoms with van der Waals surface area (Å²) in [6.45, 7) is 0.631. The Hall–Kier alpha value is -2.91. The normalized spacial score (nSPS) is 13.2. The molecule has 0 bridgehead atoms. The van der Waals surface area contributed by atoms with Crippen LogP contribution in [0.1, 0.15) is 30.1 Å². The van der Waals surface area contributed by atoms with Crippen molar-refractivity contribution in [3.8, 4) is 0 Å². The van der Waals surface area contributed by atoms with E-state index in [1.165, 1.54) is 30.0 Å². The number of nitrogens with zero attached hydrogens (tertiary/aromatic N) is 4. The largest absolute Gasteiger partial charge is 0.320 e. The van der Waals surface area contributed by atoms with E-state index in [2.05, 4.69) is 20.1 Å². The monoisotopic (exact) mass is 443 g/mol. The van der Waals surface area contributed by atoms with Crippen molar-refractivity contribution in [2.45, 2.75) is 30.5 Å². The lowest BCUT2D eigenvalue weighted by molar-refractivity contribution is -0.383. The molecule has 4 rings (SSSR count). The maximum Gasteiger partial charge on any atom is 0.294 e. The smallest absolute Gasteiger partial charge is 0.294 e. The highest BCUT2D eigenvalue weighted by atomic mass is 35.5. The van der Waals surface area contributed by atoms with Gasteiger partial charge < -0.3 is 9.88 Å². The van der Waals surface area contributed by atoms with Gasteiger partial charge >= 0.3 is 0 Å². The standard InChI is InChI=1S/C20H18ClN5O3S/c21-15-8-9-16(17(10-15)26(28)29)22-18(27)12-30-20-24-23-19(14-6-7-14)25(20)11-13-4-2-1-3-5-13/h1-5,8-10,14H,6-7,11-12H2,(H,22,27). The molecule has 3 aromatic rings. The lowest BCUT2D eigenvalue weighted by Gasteiger charge is -2.10. The third-order valence-electron chi connectivity index (χ3n) is 4.63. The first kappa shape index (κ1) is 20.4. The number of rotatable bonds is 8. The molecule has 30 heavy (non-hydrogen) atoms. The Labute approximate surface area is 181 Å². The molecule has 0 aliphatic heterocycles. The minimum atomic E-state index is -0.576. The molecule has 1 fully saturated rings. The lowest BCUT2D eigenvalue weighted by atomic mass is 10.2. The fourth-order valence-corrected chi connectivity index (χ4v) is 3.95. The van der Waals surface area contributed by atoms with Crippen LogP contribution >= 0.6 is 23.4 Å². The Kier molecular flexibility index (Phi) is 6.01. The van der Waals surface area contributed by atoms with Crippen LogP contribution in [-0.4, -0.2) is 31.3 Å². The number of carbonyl (C=O) groups excluding carboxylic acids is 1. The van der Waals surface area contributed by atoms with E-state index in [0.29, 0.717) is 17.6 Å². The van der Waals surface area contributed by atoms with E-state index in [4.69, 9.17) is 11.6 Å². The van der Waals surface area contributed by atoms with E-state index < -0.39 is 4.92 Å². The molecule has 1 aliphatic rings. The van der Waals surface area contributed by atoms with Crippen LogP contribution in [0.5, 0.6) is 0 Å². The van der Waals surface area contributed by atoms with Gasteiger partial charge in [0.05, 0.1) is 17.2 Å². The summed E-state index contributed by atoms with van der Waals surface area (Å²) >= 11 is 7.07. The molecule has 10 heteroatoms. The molecule has 1 aromatic heterocycles. The Morgan fingerprint density at radius 2 is 2.00 bits per heavy atom. The molecule has 1 heterocycles. The quantitative estimate of drug-likeness (QED) is 0.312. The molecule has 1 N–H and O–H groups in total. The lowest BCUT2D eigenvalue weighted by Crippen LogP contribution is -2.16. The average molecular weight is 444 g/mol. The van der Waals surface area contributed by atoms with Gasteiger partial charge in [0, 0.05) is 17.0 Å². The molecule has 1 amide bonds. The minimum absolute atomic E-state index is 0.0529. The number of nitro groups is 1. The van der Waals surface area contributed by atoms with Crippen LogP contribution in [0.25, 0.3) is 0 Å². The molecule has 154 valence electrons. The van der Waals surface area contributed by atoms with Crippen LogP contribution in [0.15, 0.2) is 53.7 Å². The second kappa shape index (κ2) is 8.85. The first-order valence-electron chi connectivity index (χ1n) is 9.35. The van der Waals surface area contributed by atoms with Crippen molar-refractivity contribution in [3.63, 3.8) is 0 Å². The number of amides is 1. The molecule has 0 atom stereocenters. The SMILES string of the molecule is O=C(CSc1nnc(C2CC2)n1Cc1ccccc1)Nc1ccc(Cl)cc1[N+](=O)[O-]. The fourth-order valence-electron chi connectivity index (χ4n) is 3.04. The van der Waals surface area contributed by atoms with Gasteiger partial charge in [0.1, 0.15) is 11.5 Å². The van der Waals surface area contributed by atoms with Crippen LogP contribution in [0.4, 0.5) is 11.4 Å². The summed E-state index contributed by atoms with van der Waals surface area (Å²) in [4.78, 5) is 23.0. The second-order valence-electron chi connectivity index (χ2n) is 6.94. The summed E-state index contributed by atoms with van der Waals surface area (Å²) in [6, 6.07) is 14.1. The van der Waals surface area contributed by atoms with E-state index in [1.807, 2.05) is 30.3 Å². The Bertz CT molecular complexity index is 1090. The van der Waals surface area contributed by atoms with E-state index in [0.717, 1.165) is 24.2 Å². The zero-order valence-corrected chi connectivity index (χ0v) is 17.4. The van der Waals surface area contributed by atoms with Crippen molar-refractivity contribution in [3.05, 3.63) is 75.1 Å². The van der Waals surface area contributed by atoms with Crippen molar-refractivity contribution in [1.82, 2.24) is 14.8 Å². The molecule has 0 spiro atoms. The molecule has 0 radical (unpaired) electrons. The number of halogens is 1.